The summed E-state index contributed by atoms with van der Waals surface area (Å²) in [5.74, 6) is -9.93. The average Bonchev–Trinajstić information content (AvgIpc) is 2.22. The zero-order chi connectivity index (χ0) is 14.3. The molecule has 1 nitrogen and oxygen atoms in total. The Morgan fingerprint density at radius 1 is 1.17 bits per heavy atom. The molecule has 0 aliphatic rings. The number of ketones is 1. The van der Waals surface area contributed by atoms with Gasteiger partial charge in [0, 0.05) is 0 Å². The molecule has 1 aromatic carbocycles. The summed E-state index contributed by atoms with van der Waals surface area (Å²) in [6.07, 6.45) is -6.11. The van der Waals surface area contributed by atoms with Crippen LogP contribution in [0.2, 0.25) is 5.02 Å². The fourth-order valence-electron chi connectivity index (χ4n) is 1.02. The first kappa shape index (κ1) is 15.3. The molecule has 9 heteroatoms. The lowest BCUT2D eigenvalue weighted by Crippen LogP contribution is -2.44. The topological polar surface area (TPSA) is 17.1 Å². The number of alkyl halides is 5. The molecule has 0 aliphatic heterocycles. The van der Waals surface area contributed by atoms with Crippen LogP contribution < -0.4 is 0 Å². The summed E-state index contributed by atoms with van der Waals surface area (Å²) in [6.45, 7) is 0. The molecule has 1 aromatic rings. The first-order chi connectivity index (χ1) is 8.00. The van der Waals surface area contributed by atoms with Gasteiger partial charge in [-0.3, -0.25) is 4.79 Å². The molecule has 0 aromatic heterocycles. The summed E-state index contributed by atoms with van der Waals surface area (Å²) in [4.78, 5) is 11.1. The number of carbonyl (C=O) groups is 1. The van der Waals surface area contributed by atoms with Gasteiger partial charge in [0.1, 0.15) is 5.82 Å². The van der Waals surface area contributed by atoms with Gasteiger partial charge in [0.25, 0.3) is 0 Å². The van der Waals surface area contributed by atoms with Gasteiger partial charge >= 0.3 is 12.1 Å². The van der Waals surface area contributed by atoms with Crippen molar-refractivity contribution >= 4 is 33.3 Å². The molecule has 0 saturated carbocycles. The minimum atomic E-state index is -6.11. The quantitative estimate of drug-likeness (QED) is 0.430. The summed E-state index contributed by atoms with van der Waals surface area (Å²) < 4.78 is 74.1. The Balaban J connectivity index is 3.41. The van der Waals surface area contributed by atoms with Crippen LogP contribution in [0.25, 0.3) is 0 Å². The van der Waals surface area contributed by atoms with Crippen LogP contribution in [0.5, 0.6) is 0 Å². The molecule has 1 rings (SSSR count). The zero-order valence-corrected chi connectivity index (χ0v) is 10.4. The lowest BCUT2D eigenvalue weighted by Gasteiger charge is -2.19. The SMILES string of the molecule is O=C(c1c(F)ccc(Cl)c1Br)C(F)(F)C(F)(F)F. The lowest BCUT2D eigenvalue weighted by molar-refractivity contribution is -0.255. The smallest absolute Gasteiger partial charge is 0.287 e. The van der Waals surface area contributed by atoms with E-state index in [2.05, 4.69) is 15.9 Å². The highest BCUT2D eigenvalue weighted by Gasteiger charge is 2.63. The van der Waals surface area contributed by atoms with Crippen molar-refractivity contribution in [3.63, 3.8) is 0 Å². The first-order valence-electron chi connectivity index (χ1n) is 4.13. The van der Waals surface area contributed by atoms with Crippen LogP contribution in [0.15, 0.2) is 16.6 Å². The Morgan fingerprint density at radius 2 is 1.67 bits per heavy atom. The van der Waals surface area contributed by atoms with E-state index in [0.717, 1.165) is 6.07 Å². The van der Waals surface area contributed by atoms with Crippen LogP contribution in [-0.4, -0.2) is 17.9 Å². The summed E-state index contributed by atoms with van der Waals surface area (Å²) >= 11 is 7.90. The predicted molar refractivity (Wildman–Crippen MR) is 54.4 cm³/mol. The van der Waals surface area contributed by atoms with Gasteiger partial charge in [-0.05, 0) is 28.1 Å². The maximum absolute atomic E-state index is 13.2. The van der Waals surface area contributed by atoms with Crippen molar-refractivity contribution in [2.24, 2.45) is 0 Å². The van der Waals surface area contributed by atoms with E-state index in [1.165, 1.54) is 0 Å². The van der Waals surface area contributed by atoms with Crippen LogP contribution in [0.1, 0.15) is 10.4 Å². The summed E-state index contributed by atoms with van der Waals surface area (Å²) in [7, 11) is 0. The summed E-state index contributed by atoms with van der Waals surface area (Å²) in [5, 5.41) is -0.363. The van der Waals surface area contributed by atoms with E-state index in [1.54, 1.807) is 0 Å². The van der Waals surface area contributed by atoms with Gasteiger partial charge in [-0.2, -0.15) is 22.0 Å². The highest BCUT2D eigenvalue weighted by Crippen LogP contribution is 2.40. The van der Waals surface area contributed by atoms with Gasteiger partial charge < -0.3 is 0 Å². The Kier molecular flexibility index (Phi) is 4.02. The molecule has 0 aliphatic carbocycles. The number of benzene rings is 1. The van der Waals surface area contributed by atoms with E-state index in [1.807, 2.05) is 0 Å². The minimum Gasteiger partial charge on any atom is -0.287 e. The first-order valence-corrected chi connectivity index (χ1v) is 5.30. The molecule has 0 N–H and O–H groups in total. The van der Waals surface area contributed by atoms with Crippen molar-refractivity contribution < 1.29 is 31.1 Å². The normalized spacial score (nSPS) is 12.7. The number of hydrogen-bond donors (Lipinski definition) is 0. The number of rotatable bonds is 2. The molecule has 0 unspecified atom stereocenters. The zero-order valence-electron chi connectivity index (χ0n) is 8.09. The second kappa shape index (κ2) is 4.73. The van der Waals surface area contributed by atoms with Crippen LogP contribution in [0, 0.1) is 5.82 Å². The van der Waals surface area contributed by atoms with E-state index in [9.17, 15) is 31.1 Å². The van der Waals surface area contributed by atoms with Gasteiger partial charge in [0.05, 0.1) is 15.1 Å². The second-order valence-corrected chi connectivity index (χ2v) is 4.32. The van der Waals surface area contributed by atoms with Crippen molar-refractivity contribution in [3.05, 3.63) is 33.0 Å². The number of carbonyl (C=O) groups excluding carboxylic acids is 1. The Labute approximate surface area is 110 Å². The van der Waals surface area contributed by atoms with E-state index in [4.69, 9.17) is 11.6 Å². The van der Waals surface area contributed by atoms with Crippen molar-refractivity contribution in [3.8, 4) is 0 Å². The molecule has 18 heavy (non-hydrogen) atoms. The van der Waals surface area contributed by atoms with Crippen LogP contribution in [0.4, 0.5) is 26.3 Å². The molecule has 0 saturated heterocycles. The molecule has 0 fully saturated rings. The average molecular weight is 355 g/mol. The maximum atomic E-state index is 13.2. The van der Waals surface area contributed by atoms with Crippen molar-refractivity contribution in [2.75, 3.05) is 0 Å². The molecule has 0 atom stereocenters. The summed E-state index contributed by atoms with van der Waals surface area (Å²) in [6, 6.07) is 1.43. The fourth-order valence-corrected chi connectivity index (χ4v) is 1.68. The fraction of sp³-hybridized carbons (Fsp3) is 0.222. The third-order valence-electron chi connectivity index (χ3n) is 1.91. The van der Waals surface area contributed by atoms with Gasteiger partial charge in [-0.15, -0.1) is 0 Å². The molecule has 0 radical (unpaired) electrons. The van der Waals surface area contributed by atoms with E-state index in [0.29, 0.717) is 6.07 Å². The largest absolute Gasteiger partial charge is 0.461 e. The van der Waals surface area contributed by atoms with Crippen LogP contribution in [0.3, 0.4) is 0 Å². The molecule has 0 spiro atoms. The molecule has 0 bridgehead atoms. The molecule has 100 valence electrons. The number of Topliss-reactive ketones (excluding diaryl/α,β-unsaturated/α-hetero) is 1. The highest BCUT2D eigenvalue weighted by molar-refractivity contribution is 9.10. The third kappa shape index (κ3) is 2.49. The third-order valence-corrected chi connectivity index (χ3v) is 3.28. The highest BCUT2D eigenvalue weighted by atomic mass is 79.9. The standard InChI is InChI=1S/C9H2BrClF6O/c10-6-3(11)1-2-4(12)5(6)7(18)8(13,14)9(15,16)17/h1-2H. The van der Waals surface area contributed by atoms with Crippen LogP contribution >= 0.6 is 27.5 Å². The van der Waals surface area contributed by atoms with Crippen molar-refractivity contribution in [2.45, 2.75) is 12.1 Å². The van der Waals surface area contributed by atoms with E-state index >= 15 is 0 Å². The van der Waals surface area contributed by atoms with E-state index in [-0.39, 0.29) is 5.02 Å². The molecular formula is C9H2BrClF6O. The van der Waals surface area contributed by atoms with Gasteiger partial charge in [-0.25, -0.2) is 4.39 Å². The van der Waals surface area contributed by atoms with Crippen molar-refractivity contribution in [1.82, 2.24) is 0 Å². The van der Waals surface area contributed by atoms with E-state index < -0.39 is 33.7 Å². The summed E-state index contributed by atoms with van der Waals surface area (Å²) in [5.41, 5.74) is -1.44. The Morgan fingerprint density at radius 3 is 2.11 bits per heavy atom. The molecular weight excluding hydrogens is 353 g/mol. The monoisotopic (exact) mass is 354 g/mol. The number of halogens is 8. The van der Waals surface area contributed by atoms with Crippen LogP contribution in [-0.2, 0) is 0 Å². The Bertz CT molecular complexity index is 499. The minimum absolute atomic E-state index is 0.363. The second-order valence-electron chi connectivity index (χ2n) is 3.12. The molecule has 0 heterocycles. The Hall–Kier alpha value is -0.760. The van der Waals surface area contributed by atoms with Crippen molar-refractivity contribution in [1.29, 1.82) is 0 Å². The van der Waals surface area contributed by atoms with Gasteiger partial charge in [0.2, 0.25) is 5.78 Å². The number of hydrogen-bond acceptors (Lipinski definition) is 1. The molecule has 0 amide bonds. The lowest BCUT2D eigenvalue weighted by atomic mass is 10.0. The predicted octanol–water partition coefficient (Wildman–Crippen LogP) is 4.62. The van der Waals surface area contributed by atoms with Gasteiger partial charge in [0.15, 0.2) is 0 Å². The van der Waals surface area contributed by atoms with Gasteiger partial charge in [-0.1, -0.05) is 11.6 Å². The maximum Gasteiger partial charge on any atom is 0.461 e.